The van der Waals surface area contributed by atoms with Gasteiger partial charge in [0.2, 0.25) is 15.9 Å². The average molecular weight is 473 g/mol. The smallest absolute Gasteiger partial charge is 0.331 e. The third kappa shape index (κ3) is 5.50. The molecule has 0 aliphatic carbocycles. The lowest BCUT2D eigenvalue weighted by atomic mass is 10.2. The van der Waals surface area contributed by atoms with Gasteiger partial charge < -0.3 is 9.47 Å². The number of fused-ring (bicyclic) bond motifs is 1. The molecule has 1 saturated heterocycles. The van der Waals surface area contributed by atoms with Crippen LogP contribution in [-0.4, -0.2) is 65.4 Å². The van der Waals surface area contributed by atoms with Crippen LogP contribution in [-0.2, 0) is 28.3 Å². The first kappa shape index (κ1) is 24.2. The first-order valence-corrected chi connectivity index (χ1v) is 11.9. The van der Waals surface area contributed by atoms with E-state index in [0.29, 0.717) is 34.8 Å². The van der Waals surface area contributed by atoms with Crippen molar-refractivity contribution in [2.75, 3.05) is 26.2 Å². The molecule has 1 aliphatic rings. The van der Waals surface area contributed by atoms with E-state index in [1.165, 1.54) is 22.5 Å². The van der Waals surface area contributed by atoms with Gasteiger partial charge in [-0.1, -0.05) is 12.5 Å². The highest BCUT2D eigenvalue weighted by molar-refractivity contribution is 7.89. The first-order chi connectivity index (χ1) is 15.0. The minimum absolute atomic E-state index is 0.129. The van der Waals surface area contributed by atoms with Gasteiger partial charge in [0.05, 0.1) is 15.9 Å². The zero-order valence-electron chi connectivity index (χ0n) is 17.9. The molecule has 0 bridgehead atoms. The number of rotatable bonds is 8. The van der Waals surface area contributed by atoms with Crippen LogP contribution in [0, 0.1) is 0 Å². The molecule has 1 aromatic heterocycles. The van der Waals surface area contributed by atoms with Crippen LogP contribution in [0.15, 0.2) is 35.7 Å². The molecule has 3 rings (SSSR count). The van der Waals surface area contributed by atoms with Gasteiger partial charge in [0, 0.05) is 39.5 Å². The molecule has 0 N–H and O–H groups in total. The largest absolute Gasteiger partial charge is 0.406 e. The summed E-state index contributed by atoms with van der Waals surface area (Å²) in [7, 11) is -1.88. The van der Waals surface area contributed by atoms with Crippen LogP contribution in [0.4, 0.5) is 13.2 Å². The van der Waals surface area contributed by atoms with Crippen molar-refractivity contribution in [1.82, 2.24) is 18.8 Å². The van der Waals surface area contributed by atoms with E-state index in [9.17, 15) is 26.4 Å². The Morgan fingerprint density at radius 2 is 1.94 bits per heavy atom. The summed E-state index contributed by atoms with van der Waals surface area (Å²) < 4.78 is 67.2. The number of carbonyl (C=O) groups is 1. The summed E-state index contributed by atoms with van der Waals surface area (Å²) in [6.07, 6.45) is -0.582. The normalized spacial score (nSPS) is 15.8. The summed E-state index contributed by atoms with van der Waals surface area (Å²) in [5.74, 6) is -0.158. The van der Waals surface area contributed by atoms with Crippen molar-refractivity contribution in [2.24, 2.45) is 7.05 Å². The minimum atomic E-state index is -4.49. The number of hydrogen-bond acceptors (Lipinski definition) is 4. The highest BCUT2D eigenvalue weighted by Gasteiger charge is 2.32. The molecule has 11 heteroatoms. The number of amides is 1. The van der Waals surface area contributed by atoms with E-state index in [-0.39, 0.29) is 24.3 Å². The fraction of sp³-hybridized carbons (Fsp3) is 0.524. The molecule has 2 heterocycles. The van der Waals surface area contributed by atoms with Gasteiger partial charge in [-0.2, -0.15) is 17.5 Å². The van der Waals surface area contributed by atoms with E-state index < -0.39 is 28.7 Å². The number of benzene rings is 1. The van der Waals surface area contributed by atoms with Gasteiger partial charge in [-0.15, -0.1) is 6.58 Å². The lowest BCUT2D eigenvalue weighted by molar-refractivity contribution is -0.160. The van der Waals surface area contributed by atoms with Gasteiger partial charge >= 0.3 is 6.18 Å². The number of halogens is 3. The first-order valence-electron chi connectivity index (χ1n) is 10.4. The van der Waals surface area contributed by atoms with Crippen molar-refractivity contribution in [3.8, 4) is 0 Å². The van der Waals surface area contributed by atoms with Gasteiger partial charge in [-0.05, 0) is 31.0 Å². The van der Waals surface area contributed by atoms with E-state index in [4.69, 9.17) is 0 Å². The Hall–Kier alpha value is -2.40. The van der Waals surface area contributed by atoms with E-state index in [2.05, 4.69) is 11.6 Å². The van der Waals surface area contributed by atoms with Crippen LogP contribution >= 0.6 is 0 Å². The second-order valence-corrected chi connectivity index (χ2v) is 9.82. The van der Waals surface area contributed by atoms with Crippen LogP contribution in [0.5, 0.6) is 0 Å². The monoisotopic (exact) mass is 472 g/mol. The summed E-state index contributed by atoms with van der Waals surface area (Å²) in [4.78, 5) is 17.6. The van der Waals surface area contributed by atoms with Gasteiger partial charge in [0.25, 0.3) is 0 Å². The van der Waals surface area contributed by atoms with E-state index in [1.54, 1.807) is 17.7 Å². The number of nitrogens with zero attached hydrogens (tertiary/aromatic N) is 4. The fourth-order valence-corrected chi connectivity index (χ4v) is 5.41. The van der Waals surface area contributed by atoms with Crippen molar-refractivity contribution in [2.45, 2.75) is 43.2 Å². The number of aryl methyl sites for hydroxylation is 2. The van der Waals surface area contributed by atoms with Crippen LogP contribution in [0.1, 0.15) is 31.5 Å². The van der Waals surface area contributed by atoms with Crippen molar-refractivity contribution < 1.29 is 26.4 Å². The Balaban J connectivity index is 1.77. The Morgan fingerprint density at radius 3 is 2.56 bits per heavy atom. The summed E-state index contributed by atoms with van der Waals surface area (Å²) >= 11 is 0. The number of imidazole rings is 1. The Labute approximate surface area is 185 Å². The molecule has 1 fully saturated rings. The van der Waals surface area contributed by atoms with Crippen molar-refractivity contribution in [3.05, 3.63) is 36.7 Å². The molecule has 2 aromatic rings. The average Bonchev–Trinajstić information content (AvgIpc) is 3.06. The highest BCUT2D eigenvalue weighted by atomic mass is 32.2. The molecule has 0 spiro atoms. The SMILES string of the molecule is C=CCN(CC(F)(F)F)C(=O)CCc1nc2cc(S(=O)(=O)N3CCCCC3)ccc2n1C. The number of hydrogen-bond donors (Lipinski definition) is 0. The Bertz CT molecular complexity index is 1090. The molecule has 0 atom stereocenters. The molecule has 0 saturated carbocycles. The van der Waals surface area contributed by atoms with Crippen LogP contribution in [0.3, 0.4) is 0 Å². The fourth-order valence-electron chi connectivity index (χ4n) is 3.87. The molecule has 176 valence electrons. The standard InChI is InChI=1S/C21H27F3N4O3S/c1-3-11-27(15-21(22,23)24)20(29)10-9-19-25-17-14-16(7-8-18(17)26(19)2)32(30,31)28-12-5-4-6-13-28/h3,7-8,14H,1,4-6,9-13,15H2,2H3. The molecule has 0 radical (unpaired) electrons. The van der Waals surface area contributed by atoms with Crippen molar-refractivity contribution >= 4 is 27.0 Å². The number of sulfonamides is 1. The maximum Gasteiger partial charge on any atom is 0.406 e. The Morgan fingerprint density at radius 1 is 1.25 bits per heavy atom. The Kier molecular flexibility index (Phi) is 7.29. The molecule has 7 nitrogen and oxygen atoms in total. The molecule has 32 heavy (non-hydrogen) atoms. The molecule has 1 aliphatic heterocycles. The molecule has 1 amide bonds. The second-order valence-electron chi connectivity index (χ2n) is 7.88. The predicted molar refractivity (Wildman–Crippen MR) is 114 cm³/mol. The number of carbonyl (C=O) groups excluding carboxylic acids is 1. The van der Waals surface area contributed by atoms with Gasteiger partial charge in [-0.3, -0.25) is 4.79 Å². The van der Waals surface area contributed by atoms with Crippen LogP contribution in [0.2, 0.25) is 0 Å². The summed E-state index contributed by atoms with van der Waals surface area (Å²) in [6.45, 7) is 2.86. The van der Waals surface area contributed by atoms with Crippen molar-refractivity contribution in [1.29, 1.82) is 0 Å². The van der Waals surface area contributed by atoms with E-state index >= 15 is 0 Å². The minimum Gasteiger partial charge on any atom is -0.331 e. The van der Waals surface area contributed by atoms with E-state index in [0.717, 1.165) is 19.3 Å². The third-order valence-corrected chi connectivity index (χ3v) is 7.43. The van der Waals surface area contributed by atoms with Gasteiger partial charge in [0.1, 0.15) is 12.4 Å². The number of aromatic nitrogens is 2. The van der Waals surface area contributed by atoms with Gasteiger partial charge in [-0.25, -0.2) is 13.4 Å². The molecular formula is C21H27F3N4O3S. The maximum atomic E-state index is 12.9. The maximum absolute atomic E-state index is 12.9. The van der Waals surface area contributed by atoms with Gasteiger partial charge in [0.15, 0.2) is 0 Å². The molecule has 0 unspecified atom stereocenters. The van der Waals surface area contributed by atoms with Crippen LogP contribution < -0.4 is 0 Å². The zero-order valence-corrected chi connectivity index (χ0v) is 18.8. The van der Waals surface area contributed by atoms with Crippen LogP contribution in [0.25, 0.3) is 11.0 Å². The summed E-state index contributed by atoms with van der Waals surface area (Å²) in [5.41, 5.74) is 1.15. The highest BCUT2D eigenvalue weighted by Crippen LogP contribution is 2.25. The molecular weight excluding hydrogens is 445 g/mol. The molecule has 1 aromatic carbocycles. The third-order valence-electron chi connectivity index (χ3n) is 5.53. The number of alkyl halides is 3. The number of piperidine rings is 1. The lowest BCUT2D eigenvalue weighted by Crippen LogP contribution is -2.39. The zero-order chi connectivity index (χ0) is 23.5. The lowest BCUT2D eigenvalue weighted by Gasteiger charge is -2.25. The summed E-state index contributed by atoms with van der Waals surface area (Å²) in [6, 6.07) is 4.72. The quantitative estimate of drug-likeness (QED) is 0.553. The predicted octanol–water partition coefficient (Wildman–Crippen LogP) is 3.26. The second kappa shape index (κ2) is 9.62. The summed E-state index contributed by atoms with van der Waals surface area (Å²) in [5, 5.41) is 0. The van der Waals surface area contributed by atoms with Crippen molar-refractivity contribution in [3.63, 3.8) is 0 Å². The topological polar surface area (TPSA) is 75.5 Å². The van der Waals surface area contributed by atoms with E-state index in [1.807, 2.05) is 0 Å².